The van der Waals surface area contributed by atoms with Crippen LogP contribution in [0.5, 0.6) is 0 Å². The molecule has 124 valence electrons. The maximum Gasteiger partial charge on any atom is 0.125 e. The molecule has 0 N–H and O–H groups in total. The molecule has 1 saturated heterocycles. The Labute approximate surface area is 138 Å². The summed E-state index contributed by atoms with van der Waals surface area (Å²) in [6, 6.07) is 0.381. The lowest BCUT2D eigenvalue weighted by molar-refractivity contribution is 0.241. The molecular formula is C17H26N6. The highest BCUT2D eigenvalue weighted by Gasteiger charge is 2.29. The minimum absolute atomic E-state index is 0.381. The molecule has 0 aliphatic carbocycles. The molecule has 0 saturated carbocycles. The standard InChI is InChI=1S/C17H26N6/c1-13-18-9-15(12-21(2)3)17(20-13)16-6-5-7-23(16)11-14-8-19-22(4)10-14/h8-10,16H,5-7,11-12H2,1-4H3/t16-/m0/s1. The van der Waals surface area contributed by atoms with Gasteiger partial charge in [-0.3, -0.25) is 9.58 Å². The minimum atomic E-state index is 0.381. The first-order valence-electron chi connectivity index (χ1n) is 8.21. The van der Waals surface area contributed by atoms with Gasteiger partial charge >= 0.3 is 0 Å². The van der Waals surface area contributed by atoms with Crippen molar-refractivity contribution < 1.29 is 0 Å². The van der Waals surface area contributed by atoms with Crippen LogP contribution >= 0.6 is 0 Å². The van der Waals surface area contributed by atoms with Crippen LogP contribution in [0.2, 0.25) is 0 Å². The molecule has 6 nitrogen and oxygen atoms in total. The van der Waals surface area contributed by atoms with E-state index in [1.54, 1.807) is 0 Å². The van der Waals surface area contributed by atoms with Crippen molar-refractivity contribution in [2.75, 3.05) is 20.6 Å². The van der Waals surface area contributed by atoms with Gasteiger partial charge in [0.05, 0.1) is 17.9 Å². The molecule has 1 aliphatic heterocycles. The molecule has 1 aliphatic rings. The lowest BCUT2D eigenvalue weighted by Gasteiger charge is -2.26. The average Bonchev–Trinajstić information content (AvgIpc) is 3.10. The SMILES string of the molecule is Cc1ncc(CN(C)C)c([C@@H]2CCCN2Cc2cnn(C)c2)n1. The smallest absolute Gasteiger partial charge is 0.125 e. The number of hydrogen-bond donors (Lipinski definition) is 0. The van der Waals surface area contributed by atoms with Crippen LogP contribution in [0.4, 0.5) is 0 Å². The fraction of sp³-hybridized carbons (Fsp3) is 0.588. The predicted molar refractivity (Wildman–Crippen MR) is 89.8 cm³/mol. The van der Waals surface area contributed by atoms with Gasteiger partial charge in [0, 0.05) is 43.7 Å². The van der Waals surface area contributed by atoms with E-state index in [-0.39, 0.29) is 0 Å². The summed E-state index contributed by atoms with van der Waals surface area (Å²) in [5, 5.41) is 4.29. The Balaban J connectivity index is 1.85. The molecule has 2 aromatic rings. The van der Waals surface area contributed by atoms with Crippen LogP contribution in [0.3, 0.4) is 0 Å². The number of likely N-dealkylation sites (tertiary alicyclic amines) is 1. The third-order valence-corrected chi connectivity index (χ3v) is 4.33. The van der Waals surface area contributed by atoms with Crippen molar-refractivity contribution in [3.05, 3.63) is 41.2 Å². The van der Waals surface area contributed by atoms with E-state index in [0.29, 0.717) is 6.04 Å². The molecule has 1 fully saturated rings. The van der Waals surface area contributed by atoms with Crippen molar-refractivity contribution in [1.29, 1.82) is 0 Å². The van der Waals surface area contributed by atoms with Crippen LogP contribution < -0.4 is 0 Å². The van der Waals surface area contributed by atoms with Gasteiger partial charge in [0.25, 0.3) is 0 Å². The number of nitrogens with zero attached hydrogens (tertiary/aromatic N) is 6. The number of rotatable bonds is 5. The molecular weight excluding hydrogens is 288 g/mol. The fourth-order valence-electron chi connectivity index (χ4n) is 3.38. The summed E-state index contributed by atoms with van der Waals surface area (Å²) >= 11 is 0. The fourth-order valence-corrected chi connectivity index (χ4v) is 3.38. The molecule has 3 rings (SSSR count). The first-order chi connectivity index (χ1) is 11.0. The van der Waals surface area contributed by atoms with E-state index in [1.807, 2.05) is 31.0 Å². The van der Waals surface area contributed by atoms with Crippen LogP contribution in [0, 0.1) is 6.92 Å². The molecule has 3 heterocycles. The Kier molecular flexibility index (Phi) is 4.73. The first kappa shape index (κ1) is 16.1. The zero-order chi connectivity index (χ0) is 16.4. The van der Waals surface area contributed by atoms with Gasteiger partial charge < -0.3 is 4.90 Å². The van der Waals surface area contributed by atoms with Crippen LogP contribution in [-0.2, 0) is 20.1 Å². The molecule has 0 unspecified atom stereocenters. The van der Waals surface area contributed by atoms with Gasteiger partial charge in [0.15, 0.2) is 0 Å². The quantitative estimate of drug-likeness (QED) is 0.844. The molecule has 0 bridgehead atoms. The van der Waals surface area contributed by atoms with Crippen molar-refractivity contribution in [3.8, 4) is 0 Å². The van der Waals surface area contributed by atoms with Gasteiger partial charge in [-0.15, -0.1) is 0 Å². The van der Waals surface area contributed by atoms with Crippen molar-refractivity contribution >= 4 is 0 Å². The molecule has 0 spiro atoms. The molecule has 0 aromatic carbocycles. The minimum Gasteiger partial charge on any atom is -0.305 e. The maximum atomic E-state index is 4.80. The molecule has 23 heavy (non-hydrogen) atoms. The van der Waals surface area contributed by atoms with Gasteiger partial charge in [0.1, 0.15) is 5.82 Å². The highest BCUT2D eigenvalue weighted by molar-refractivity contribution is 5.22. The highest BCUT2D eigenvalue weighted by atomic mass is 15.3. The topological polar surface area (TPSA) is 50.1 Å². The van der Waals surface area contributed by atoms with E-state index in [4.69, 9.17) is 4.98 Å². The second kappa shape index (κ2) is 6.76. The third kappa shape index (κ3) is 3.76. The van der Waals surface area contributed by atoms with Crippen LogP contribution in [0.1, 0.15) is 41.5 Å². The second-order valence-corrected chi connectivity index (χ2v) is 6.72. The monoisotopic (exact) mass is 314 g/mol. The third-order valence-electron chi connectivity index (χ3n) is 4.33. The summed E-state index contributed by atoms with van der Waals surface area (Å²) in [6.45, 7) is 4.91. The van der Waals surface area contributed by atoms with E-state index in [2.05, 4.69) is 40.2 Å². The lowest BCUT2D eigenvalue weighted by Crippen LogP contribution is -2.25. The normalized spacial score (nSPS) is 18.9. The molecule has 2 aromatic heterocycles. The first-order valence-corrected chi connectivity index (χ1v) is 8.21. The Hall–Kier alpha value is -1.79. The molecule has 1 atom stereocenters. The Morgan fingerprint density at radius 1 is 1.30 bits per heavy atom. The van der Waals surface area contributed by atoms with Crippen molar-refractivity contribution in [2.45, 2.75) is 38.9 Å². The number of aromatic nitrogens is 4. The van der Waals surface area contributed by atoms with E-state index in [1.165, 1.54) is 23.2 Å². The Morgan fingerprint density at radius 2 is 2.13 bits per heavy atom. The maximum absolute atomic E-state index is 4.80. The van der Waals surface area contributed by atoms with E-state index >= 15 is 0 Å². The highest BCUT2D eigenvalue weighted by Crippen LogP contribution is 2.34. The van der Waals surface area contributed by atoms with Gasteiger partial charge in [-0.2, -0.15) is 5.10 Å². The summed E-state index contributed by atoms with van der Waals surface area (Å²) < 4.78 is 1.87. The Bertz CT molecular complexity index is 663. The zero-order valence-corrected chi connectivity index (χ0v) is 14.5. The van der Waals surface area contributed by atoms with Gasteiger partial charge in [0.2, 0.25) is 0 Å². The summed E-state index contributed by atoms with van der Waals surface area (Å²) in [5.74, 6) is 0.857. The van der Waals surface area contributed by atoms with Crippen LogP contribution in [-0.4, -0.2) is 50.2 Å². The van der Waals surface area contributed by atoms with Crippen molar-refractivity contribution in [1.82, 2.24) is 29.5 Å². The molecule has 0 amide bonds. The summed E-state index contributed by atoms with van der Waals surface area (Å²) in [4.78, 5) is 13.9. The van der Waals surface area contributed by atoms with Gasteiger partial charge in [-0.1, -0.05) is 0 Å². The predicted octanol–water partition coefficient (Wildman–Crippen LogP) is 1.92. The average molecular weight is 314 g/mol. The van der Waals surface area contributed by atoms with Crippen molar-refractivity contribution in [2.24, 2.45) is 7.05 Å². The summed E-state index contributed by atoms with van der Waals surface area (Å²) in [6.07, 6.45) is 8.44. The van der Waals surface area contributed by atoms with Gasteiger partial charge in [-0.25, -0.2) is 9.97 Å². The van der Waals surface area contributed by atoms with Crippen molar-refractivity contribution in [3.63, 3.8) is 0 Å². The second-order valence-electron chi connectivity index (χ2n) is 6.72. The largest absolute Gasteiger partial charge is 0.305 e. The summed E-state index contributed by atoms with van der Waals surface area (Å²) in [7, 11) is 6.14. The lowest BCUT2D eigenvalue weighted by atomic mass is 10.1. The van der Waals surface area contributed by atoms with Crippen LogP contribution in [0.25, 0.3) is 0 Å². The number of aryl methyl sites for hydroxylation is 2. The molecule has 6 heteroatoms. The summed E-state index contributed by atoms with van der Waals surface area (Å²) in [5.41, 5.74) is 3.70. The van der Waals surface area contributed by atoms with E-state index in [0.717, 1.165) is 31.9 Å². The number of hydrogen-bond acceptors (Lipinski definition) is 5. The van der Waals surface area contributed by atoms with Gasteiger partial charge in [-0.05, 0) is 40.4 Å². The molecule has 0 radical (unpaired) electrons. The Morgan fingerprint density at radius 3 is 2.83 bits per heavy atom. The van der Waals surface area contributed by atoms with Crippen LogP contribution in [0.15, 0.2) is 18.6 Å². The van der Waals surface area contributed by atoms with E-state index < -0.39 is 0 Å². The van der Waals surface area contributed by atoms with E-state index in [9.17, 15) is 0 Å². The zero-order valence-electron chi connectivity index (χ0n) is 14.5.